The lowest BCUT2D eigenvalue weighted by molar-refractivity contribution is 0.101. The molecule has 3 nitrogen and oxygen atoms in total. The standard InChI is InChI=1S/C15H15FN2O/c1-9-7-15(12(10(2)19)8-13(9)16)18-6-5-14(17-18)11-3-4-11/h5-8,11H,3-4H2,1-2H3. The van der Waals surface area contributed by atoms with Crippen LogP contribution in [0.2, 0.25) is 0 Å². The zero-order valence-corrected chi connectivity index (χ0v) is 11.0. The van der Waals surface area contributed by atoms with Crippen molar-refractivity contribution in [1.82, 2.24) is 9.78 Å². The lowest BCUT2D eigenvalue weighted by atomic mass is 10.1. The fourth-order valence-corrected chi connectivity index (χ4v) is 2.21. The second kappa shape index (κ2) is 4.30. The first-order chi connectivity index (χ1) is 9.06. The van der Waals surface area contributed by atoms with Gasteiger partial charge in [-0.2, -0.15) is 5.10 Å². The number of nitrogens with zero attached hydrogens (tertiary/aromatic N) is 2. The fraction of sp³-hybridized carbons (Fsp3) is 0.333. The lowest BCUT2D eigenvalue weighted by Gasteiger charge is -2.09. The summed E-state index contributed by atoms with van der Waals surface area (Å²) in [5, 5.41) is 4.50. The van der Waals surface area contributed by atoms with Crippen LogP contribution in [-0.2, 0) is 0 Å². The number of halogens is 1. The second-order valence-electron chi connectivity index (χ2n) is 5.13. The Morgan fingerprint density at radius 1 is 1.42 bits per heavy atom. The Balaban J connectivity index is 2.11. The minimum absolute atomic E-state index is 0.155. The molecule has 0 saturated heterocycles. The molecule has 1 aliphatic rings. The molecule has 0 radical (unpaired) electrons. The summed E-state index contributed by atoms with van der Waals surface area (Å²) in [5.41, 5.74) is 2.59. The number of carbonyl (C=O) groups is 1. The third-order valence-corrected chi connectivity index (χ3v) is 3.51. The highest BCUT2D eigenvalue weighted by atomic mass is 19.1. The van der Waals surface area contributed by atoms with Gasteiger partial charge in [0, 0.05) is 17.7 Å². The monoisotopic (exact) mass is 258 g/mol. The van der Waals surface area contributed by atoms with Gasteiger partial charge in [-0.3, -0.25) is 4.79 Å². The predicted octanol–water partition coefficient (Wildman–Crippen LogP) is 3.40. The van der Waals surface area contributed by atoms with Gasteiger partial charge in [-0.1, -0.05) is 0 Å². The van der Waals surface area contributed by atoms with E-state index in [1.165, 1.54) is 25.8 Å². The van der Waals surface area contributed by atoms with E-state index >= 15 is 0 Å². The molecule has 1 aliphatic carbocycles. The Hall–Kier alpha value is -1.97. The van der Waals surface area contributed by atoms with Crippen LogP contribution in [-0.4, -0.2) is 15.6 Å². The molecule has 1 fully saturated rings. The molecule has 1 aromatic carbocycles. The number of hydrogen-bond acceptors (Lipinski definition) is 2. The minimum Gasteiger partial charge on any atom is -0.294 e. The van der Waals surface area contributed by atoms with Crippen LogP contribution in [0.4, 0.5) is 4.39 Å². The Morgan fingerprint density at radius 3 is 2.79 bits per heavy atom. The van der Waals surface area contributed by atoms with E-state index in [9.17, 15) is 9.18 Å². The van der Waals surface area contributed by atoms with Gasteiger partial charge in [0.25, 0.3) is 0 Å². The molecule has 1 saturated carbocycles. The highest BCUT2D eigenvalue weighted by Crippen LogP contribution is 2.39. The summed E-state index contributed by atoms with van der Waals surface area (Å²) in [6.45, 7) is 3.13. The first kappa shape index (κ1) is 12.1. The van der Waals surface area contributed by atoms with Crippen molar-refractivity contribution in [2.75, 3.05) is 0 Å². The van der Waals surface area contributed by atoms with E-state index in [4.69, 9.17) is 0 Å². The molecule has 4 heteroatoms. The molecule has 0 atom stereocenters. The summed E-state index contributed by atoms with van der Waals surface area (Å²) in [7, 11) is 0. The van der Waals surface area contributed by atoms with Crippen molar-refractivity contribution in [2.24, 2.45) is 0 Å². The summed E-state index contributed by atoms with van der Waals surface area (Å²) < 4.78 is 15.3. The van der Waals surface area contributed by atoms with Crippen LogP contribution in [0.5, 0.6) is 0 Å². The molecule has 2 aromatic rings. The van der Waals surface area contributed by atoms with Crippen molar-refractivity contribution in [3.05, 3.63) is 47.0 Å². The molecular formula is C15H15FN2O. The van der Waals surface area contributed by atoms with Gasteiger partial charge in [0.05, 0.1) is 11.4 Å². The van der Waals surface area contributed by atoms with Crippen LogP contribution in [0.15, 0.2) is 24.4 Å². The first-order valence-corrected chi connectivity index (χ1v) is 6.43. The summed E-state index contributed by atoms with van der Waals surface area (Å²) in [6, 6.07) is 4.95. The van der Waals surface area contributed by atoms with Gasteiger partial charge in [-0.05, 0) is 50.5 Å². The highest BCUT2D eigenvalue weighted by molar-refractivity contribution is 5.97. The van der Waals surface area contributed by atoms with Crippen LogP contribution in [0.25, 0.3) is 5.69 Å². The normalized spacial score (nSPS) is 14.7. The average molecular weight is 258 g/mol. The van der Waals surface area contributed by atoms with E-state index in [2.05, 4.69) is 5.10 Å². The topological polar surface area (TPSA) is 34.9 Å². The number of rotatable bonds is 3. The van der Waals surface area contributed by atoms with Crippen LogP contribution >= 0.6 is 0 Å². The van der Waals surface area contributed by atoms with Gasteiger partial charge in [-0.15, -0.1) is 0 Å². The van der Waals surface area contributed by atoms with Gasteiger partial charge >= 0.3 is 0 Å². The highest BCUT2D eigenvalue weighted by Gasteiger charge is 2.26. The van der Waals surface area contributed by atoms with Gasteiger partial charge in [0.2, 0.25) is 0 Å². The molecule has 3 rings (SSSR count). The van der Waals surface area contributed by atoms with Crippen LogP contribution in [0.1, 0.15) is 47.3 Å². The van der Waals surface area contributed by atoms with E-state index in [0.717, 1.165) is 5.69 Å². The summed E-state index contributed by atoms with van der Waals surface area (Å²) in [4.78, 5) is 11.6. The maximum absolute atomic E-state index is 13.6. The van der Waals surface area contributed by atoms with Crippen molar-refractivity contribution in [2.45, 2.75) is 32.6 Å². The van der Waals surface area contributed by atoms with Gasteiger partial charge in [-0.25, -0.2) is 9.07 Å². The van der Waals surface area contributed by atoms with E-state index in [1.807, 2.05) is 12.3 Å². The summed E-state index contributed by atoms with van der Waals surface area (Å²) in [5.74, 6) is 0.0458. The minimum atomic E-state index is -0.358. The average Bonchev–Trinajstić information content (AvgIpc) is 3.10. The lowest BCUT2D eigenvalue weighted by Crippen LogP contribution is -2.06. The smallest absolute Gasteiger partial charge is 0.162 e. The third kappa shape index (κ3) is 2.18. The summed E-state index contributed by atoms with van der Waals surface area (Å²) in [6.07, 6.45) is 4.20. The van der Waals surface area contributed by atoms with Crippen LogP contribution < -0.4 is 0 Å². The molecule has 98 valence electrons. The number of ketones is 1. The van der Waals surface area contributed by atoms with E-state index in [-0.39, 0.29) is 11.6 Å². The van der Waals surface area contributed by atoms with Crippen molar-refractivity contribution in [1.29, 1.82) is 0 Å². The maximum atomic E-state index is 13.6. The van der Waals surface area contributed by atoms with E-state index < -0.39 is 0 Å². The number of benzene rings is 1. The molecule has 0 amide bonds. The third-order valence-electron chi connectivity index (χ3n) is 3.51. The maximum Gasteiger partial charge on any atom is 0.162 e. The van der Waals surface area contributed by atoms with Crippen LogP contribution in [0.3, 0.4) is 0 Å². The SMILES string of the molecule is CC(=O)c1cc(F)c(C)cc1-n1ccc(C2CC2)n1. The first-order valence-electron chi connectivity index (χ1n) is 6.43. The zero-order chi connectivity index (χ0) is 13.6. The van der Waals surface area contributed by atoms with E-state index in [0.29, 0.717) is 22.7 Å². The molecule has 0 aliphatic heterocycles. The number of carbonyl (C=O) groups excluding carboxylic acids is 1. The van der Waals surface area contributed by atoms with Crippen molar-refractivity contribution in [3.8, 4) is 5.69 Å². The number of aromatic nitrogens is 2. The number of aryl methyl sites for hydroxylation is 1. The van der Waals surface area contributed by atoms with Crippen molar-refractivity contribution < 1.29 is 9.18 Å². The molecular weight excluding hydrogens is 243 g/mol. The number of Topliss-reactive ketones (excluding diaryl/α,β-unsaturated/α-hetero) is 1. The largest absolute Gasteiger partial charge is 0.294 e. The Morgan fingerprint density at radius 2 is 2.16 bits per heavy atom. The van der Waals surface area contributed by atoms with Crippen molar-refractivity contribution >= 4 is 5.78 Å². The predicted molar refractivity (Wildman–Crippen MR) is 70.2 cm³/mol. The van der Waals surface area contributed by atoms with Gasteiger partial charge in [0.15, 0.2) is 5.78 Å². The molecule has 1 aromatic heterocycles. The van der Waals surface area contributed by atoms with Crippen molar-refractivity contribution in [3.63, 3.8) is 0 Å². The van der Waals surface area contributed by atoms with Gasteiger partial charge < -0.3 is 0 Å². The zero-order valence-electron chi connectivity index (χ0n) is 11.0. The molecule has 1 heterocycles. The van der Waals surface area contributed by atoms with E-state index in [1.54, 1.807) is 17.7 Å². The Labute approximate surface area is 111 Å². The molecule has 0 spiro atoms. The number of hydrogen-bond donors (Lipinski definition) is 0. The molecule has 19 heavy (non-hydrogen) atoms. The second-order valence-corrected chi connectivity index (χ2v) is 5.13. The molecule has 0 bridgehead atoms. The molecule has 0 N–H and O–H groups in total. The quantitative estimate of drug-likeness (QED) is 0.791. The van der Waals surface area contributed by atoms with Gasteiger partial charge in [0.1, 0.15) is 5.82 Å². The van der Waals surface area contributed by atoms with Crippen LogP contribution in [0, 0.1) is 12.7 Å². The Kier molecular flexibility index (Phi) is 2.73. The fourth-order valence-electron chi connectivity index (χ4n) is 2.21. The summed E-state index contributed by atoms with van der Waals surface area (Å²) >= 11 is 0. The molecule has 0 unspecified atom stereocenters. The Bertz CT molecular complexity index is 656.